The summed E-state index contributed by atoms with van der Waals surface area (Å²) < 4.78 is 15.4. The van der Waals surface area contributed by atoms with Gasteiger partial charge in [0.25, 0.3) is 0 Å². The van der Waals surface area contributed by atoms with E-state index < -0.39 is 17.7 Å². The molecule has 1 heterocycles. The summed E-state index contributed by atoms with van der Waals surface area (Å²) in [6.45, 7) is 11.2. The van der Waals surface area contributed by atoms with Crippen LogP contribution in [0.5, 0.6) is 0 Å². The lowest BCUT2D eigenvalue weighted by atomic mass is 10.2. The molecule has 9 nitrogen and oxygen atoms in total. The standard InChI is InChI=1S/C19H32N4O5/c1-7-20-17(21-9-8-10-22-18(25)28-19(3,4)5)23-12-14-11-15(13(2)27-14)16(24)26-6/h11H,7-10,12H2,1-6H3,(H,22,25)(H2,20,21,23). The van der Waals surface area contributed by atoms with E-state index >= 15 is 0 Å². The first-order valence-electron chi connectivity index (χ1n) is 9.33. The van der Waals surface area contributed by atoms with Crippen molar-refractivity contribution < 1.29 is 23.5 Å². The zero-order valence-electron chi connectivity index (χ0n) is 17.6. The van der Waals surface area contributed by atoms with Gasteiger partial charge in [0.15, 0.2) is 5.96 Å². The molecular weight excluding hydrogens is 364 g/mol. The molecule has 1 amide bonds. The van der Waals surface area contributed by atoms with Gasteiger partial charge in [-0.25, -0.2) is 14.6 Å². The Labute approximate surface area is 166 Å². The number of carbonyl (C=O) groups is 2. The van der Waals surface area contributed by atoms with Crippen LogP contribution in [0.3, 0.4) is 0 Å². The van der Waals surface area contributed by atoms with Crippen LogP contribution in [0.15, 0.2) is 15.5 Å². The number of guanidine groups is 1. The van der Waals surface area contributed by atoms with E-state index in [9.17, 15) is 9.59 Å². The number of rotatable bonds is 8. The third-order valence-electron chi connectivity index (χ3n) is 3.43. The minimum absolute atomic E-state index is 0.281. The van der Waals surface area contributed by atoms with Gasteiger partial charge in [0.2, 0.25) is 0 Å². The predicted molar refractivity (Wildman–Crippen MR) is 106 cm³/mol. The molecule has 1 aromatic heterocycles. The lowest BCUT2D eigenvalue weighted by molar-refractivity contribution is 0.0526. The summed E-state index contributed by atoms with van der Waals surface area (Å²) in [5, 5.41) is 9.02. The van der Waals surface area contributed by atoms with Crippen LogP contribution in [0, 0.1) is 6.92 Å². The zero-order chi connectivity index (χ0) is 21.2. The van der Waals surface area contributed by atoms with Gasteiger partial charge in [-0.3, -0.25) is 0 Å². The number of nitrogens with zero attached hydrogens (tertiary/aromatic N) is 1. The van der Waals surface area contributed by atoms with Crippen molar-refractivity contribution in [1.82, 2.24) is 16.0 Å². The summed E-state index contributed by atoms with van der Waals surface area (Å²) in [5.41, 5.74) is -0.107. The number of hydrogen-bond acceptors (Lipinski definition) is 6. The Balaban J connectivity index is 2.46. The van der Waals surface area contributed by atoms with Crippen molar-refractivity contribution in [2.24, 2.45) is 4.99 Å². The van der Waals surface area contributed by atoms with E-state index in [-0.39, 0.29) is 6.54 Å². The van der Waals surface area contributed by atoms with Crippen molar-refractivity contribution in [3.8, 4) is 0 Å². The molecule has 0 unspecified atom stereocenters. The molecule has 3 N–H and O–H groups in total. The number of furan rings is 1. The molecule has 1 rings (SSSR count). The molecule has 9 heteroatoms. The van der Waals surface area contributed by atoms with Crippen molar-refractivity contribution in [1.29, 1.82) is 0 Å². The van der Waals surface area contributed by atoms with Gasteiger partial charge in [-0.15, -0.1) is 0 Å². The Morgan fingerprint density at radius 3 is 2.46 bits per heavy atom. The molecule has 0 radical (unpaired) electrons. The summed E-state index contributed by atoms with van der Waals surface area (Å²) in [6, 6.07) is 1.64. The minimum Gasteiger partial charge on any atom is -0.465 e. The molecule has 158 valence electrons. The first-order valence-corrected chi connectivity index (χ1v) is 9.33. The fourth-order valence-corrected chi connectivity index (χ4v) is 2.23. The van der Waals surface area contributed by atoms with Gasteiger partial charge in [0, 0.05) is 19.6 Å². The number of aryl methyl sites for hydroxylation is 1. The molecule has 0 spiro atoms. The SMILES string of the molecule is CCNC(=NCc1cc(C(=O)OC)c(C)o1)NCCCNC(=O)OC(C)(C)C. The highest BCUT2D eigenvalue weighted by molar-refractivity contribution is 5.90. The van der Waals surface area contributed by atoms with E-state index in [1.54, 1.807) is 13.0 Å². The van der Waals surface area contributed by atoms with Crippen LogP contribution in [0.2, 0.25) is 0 Å². The molecule has 0 aromatic carbocycles. The Kier molecular flexibility index (Phi) is 9.34. The molecule has 0 aliphatic carbocycles. The Hall–Kier alpha value is -2.71. The van der Waals surface area contributed by atoms with Gasteiger partial charge >= 0.3 is 12.1 Å². The van der Waals surface area contributed by atoms with Crippen molar-refractivity contribution in [2.45, 2.75) is 53.2 Å². The molecule has 0 fully saturated rings. The number of aliphatic imine (C=N–C) groups is 1. The number of alkyl carbamates (subject to hydrolysis) is 1. The third kappa shape index (κ3) is 8.79. The number of carbonyl (C=O) groups excluding carboxylic acids is 2. The predicted octanol–water partition coefficient (Wildman–Crippen LogP) is 2.34. The maximum atomic E-state index is 11.6. The van der Waals surface area contributed by atoms with Gasteiger partial charge in [0.1, 0.15) is 29.2 Å². The van der Waals surface area contributed by atoms with E-state index in [0.717, 1.165) is 0 Å². The molecule has 0 aliphatic rings. The van der Waals surface area contributed by atoms with Crippen LogP contribution in [-0.4, -0.2) is 50.4 Å². The maximum Gasteiger partial charge on any atom is 0.407 e. The average Bonchev–Trinajstić information content (AvgIpc) is 2.97. The first kappa shape index (κ1) is 23.3. The summed E-state index contributed by atoms with van der Waals surface area (Å²) >= 11 is 0. The smallest absolute Gasteiger partial charge is 0.407 e. The second-order valence-corrected chi connectivity index (χ2v) is 7.08. The highest BCUT2D eigenvalue weighted by Gasteiger charge is 2.16. The molecule has 0 atom stereocenters. The molecular formula is C19H32N4O5. The third-order valence-corrected chi connectivity index (χ3v) is 3.43. The lowest BCUT2D eigenvalue weighted by Crippen LogP contribution is -2.39. The van der Waals surface area contributed by atoms with Crippen molar-refractivity contribution in [3.63, 3.8) is 0 Å². The molecule has 0 bridgehead atoms. The molecule has 28 heavy (non-hydrogen) atoms. The quantitative estimate of drug-likeness (QED) is 0.267. The van der Waals surface area contributed by atoms with Crippen molar-refractivity contribution in [2.75, 3.05) is 26.7 Å². The van der Waals surface area contributed by atoms with Crippen LogP contribution in [0.25, 0.3) is 0 Å². The number of esters is 1. The molecule has 1 aromatic rings. The number of hydrogen-bond donors (Lipinski definition) is 3. The van der Waals surface area contributed by atoms with E-state index in [0.29, 0.717) is 49.1 Å². The summed E-state index contributed by atoms with van der Waals surface area (Å²) in [5.74, 6) is 1.26. The van der Waals surface area contributed by atoms with Gasteiger partial charge in [0.05, 0.1) is 7.11 Å². The van der Waals surface area contributed by atoms with Crippen LogP contribution in [-0.2, 0) is 16.0 Å². The van der Waals surface area contributed by atoms with Crippen molar-refractivity contribution >= 4 is 18.0 Å². The van der Waals surface area contributed by atoms with Gasteiger partial charge in [-0.05, 0) is 47.1 Å². The van der Waals surface area contributed by atoms with E-state index in [1.807, 2.05) is 27.7 Å². The van der Waals surface area contributed by atoms with Crippen LogP contribution >= 0.6 is 0 Å². The Morgan fingerprint density at radius 1 is 1.18 bits per heavy atom. The van der Waals surface area contributed by atoms with Crippen LogP contribution in [0.4, 0.5) is 4.79 Å². The Bertz CT molecular complexity index is 676. The molecule has 0 saturated carbocycles. The van der Waals surface area contributed by atoms with Gasteiger partial charge in [-0.1, -0.05) is 0 Å². The summed E-state index contributed by atoms with van der Waals surface area (Å²) in [7, 11) is 1.33. The highest BCUT2D eigenvalue weighted by Crippen LogP contribution is 2.16. The van der Waals surface area contributed by atoms with E-state index in [4.69, 9.17) is 13.9 Å². The van der Waals surface area contributed by atoms with Crippen molar-refractivity contribution in [3.05, 3.63) is 23.2 Å². The first-order chi connectivity index (χ1) is 13.2. The monoisotopic (exact) mass is 396 g/mol. The van der Waals surface area contributed by atoms with Gasteiger partial charge in [-0.2, -0.15) is 0 Å². The fourth-order valence-electron chi connectivity index (χ4n) is 2.23. The largest absolute Gasteiger partial charge is 0.465 e. The number of nitrogens with one attached hydrogen (secondary N) is 3. The molecule has 0 saturated heterocycles. The normalized spacial score (nSPS) is 11.7. The fraction of sp³-hybridized carbons (Fsp3) is 0.632. The van der Waals surface area contributed by atoms with Crippen LogP contribution < -0.4 is 16.0 Å². The molecule has 0 aliphatic heterocycles. The Morgan fingerprint density at radius 2 is 1.86 bits per heavy atom. The summed E-state index contributed by atoms with van der Waals surface area (Å²) in [4.78, 5) is 27.7. The highest BCUT2D eigenvalue weighted by atomic mass is 16.6. The van der Waals surface area contributed by atoms with E-state index in [1.165, 1.54) is 7.11 Å². The number of methoxy groups -OCH3 is 1. The maximum absolute atomic E-state index is 11.6. The van der Waals surface area contributed by atoms with Crippen LogP contribution in [0.1, 0.15) is 56.0 Å². The topological polar surface area (TPSA) is 114 Å². The van der Waals surface area contributed by atoms with Gasteiger partial charge < -0.3 is 29.8 Å². The minimum atomic E-state index is -0.509. The number of ether oxygens (including phenoxy) is 2. The lowest BCUT2D eigenvalue weighted by Gasteiger charge is -2.19. The average molecular weight is 396 g/mol. The zero-order valence-corrected chi connectivity index (χ0v) is 17.6. The van der Waals surface area contributed by atoms with E-state index in [2.05, 4.69) is 20.9 Å². The number of amides is 1. The second-order valence-electron chi connectivity index (χ2n) is 7.08. The summed E-state index contributed by atoms with van der Waals surface area (Å²) in [6.07, 6.45) is 0.276. The second kappa shape index (κ2) is 11.2.